The van der Waals surface area contributed by atoms with Gasteiger partial charge in [-0.3, -0.25) is 4.79 Å². The second-order valence-electron chi connectivity index (χ2n) is 9.38. The van der Waals surface area contributed by atoms with E-state index in [1.54, 1.807) is 31.4 Å². The van der Waals surface area contributed by atoms with E-state index >= 15 is 0 Å². The summed E-state index contributed by atoms with van der Waals surface area (Å²) in [5.41, 5.74) is 1.51. The number of methoxy groups -OCH3 is 1. The van der Waals surface area contributed by atoms with E-state index in [4.69, 9.17) is 4.74 Å². The number of thiazole rings is 1. The second kappa shape index (κ2) is 11.2. The summed E-state index contributed by atoms with van der Waals surface area (Å²) in [5.74, 6) is 0.0881. The van der Waals surface area contributed by atoms with Crippen LogP contribution in [0.1, 0.15) is 35.7 Å². The van der Waals surface area contributed by atoms with Crippen molar-refractivity contribution in [3.05, 3.63) is 83.7 Å². The summed E-state index contributed by atoms with van der Waals surface area (Å²) in [7, 11) is -2.09. The van der Waals surface area contributed by atoms with E-state index in [-0.39, 0.29) is 16.3 Å². The molecule has 0 aliphatic carbocycles. The van der Waals surface area contributed by atoms with Crippen LogP contribution in [-0.4, -0.2) is 50.0 Å². The molecule has 1 unspecified atom stereocenters. The number of sulfonamides is 1. The molecule has 0 bridgehead atoms. The van der Waals surface area contributed by atoms with Gasteiger partial charge < -0.3 is 4.74 Å². The summed E-state index contributed by atoms with van der Waals surface area (Å²) in [6.45, 7) is 3.02. The molecule has 1 aliphatic heterocycles. The Balaban J connectivity index is 1.47. The van der Waals surface area contributed by atoms with Crippen molar-refractivity contribution < 1.29 is 22.3 Å². The Hall–Kier alpha value is -3.67. The molecule has 2 heterocycles. The molecule has 1 atom stereocenters. The predicted molar refractivity (Wildman–Crippen MR) is 151 cm³/mol. The van der Waals surface area contributed by atoms with Gasteiger partial charge in [0, 0.05) is 18.7 Å². The lowest BCUT2D eigenvalue weighted by Gasteiger charge is -2.30. The fourth-order valence-corrected chi connectivity index (χ4v) is 6.93. The molecule has 1 saturated heterocycles. The SMILES string of the molecule is COc1ccc2nc(N(/N=C/c3ccc(F)cc3)C(=O)c3ccc(S(=O)(=O)N4CCCC(C)C4)cc3)sc2c1. The lowest BCUT2D eigenvalue weighted by Crippen LogP contribution is -2.39. The van der Waals surface area contributed by atoms with Gasteiger partial charge in [-0.25, -0.2) is 17.8 Å². The lowest BCUT2D eigenvalue weighted by molar-refractivity contribution is 0.0987. The zero-order valence-corrected chi connectivity index (χ0v) is 23.1. The Morgan fingerprint density at radius 3 is 2.59 bits per heavy atom. The van der Waals surface area contributed by atoms with Crippen molar-refractivity contribution in [2.75, 3.05) is 25.2 Å². The first-order chi connectivity index (χ1) is 18.7. The molecule has 0 saturated carbocycles. The number of halogens is 1. The third kappa shape index (κ3) is 5.85. The van der Waals surface area contributed by atoms with Crippen molar-refractivity contribution in [3.8, 4) is 5.75 Å². The predicted octanol–water partition coefficient (Wildman–Crippen LogP) is 5.55. The summed E-state index contributed by atoms with van der Waals surface area (Å²) in [4.78, 5) is 18.4. The number of carbonyl (C=O) groups excluding carboxylic acids is 1. The molecule has 1 aliphatic rings. The normalized spacial score (nSPS) is 16.5. The molecule has 1 fully saturated rings. The van der Waals surface area contributed by atoms with Gasteiger partial charge in [0.15, 0.2) is 0 Å². The van der Waals surface area contributed by atoms with Crippen LogP contribution < -0.4 is 9.75 Å². The summed E-state index contributed by atoms with van der Waals surface area (Å²) in [6.07, 6.45) is 3.28. The second-order valence-corrected chi connectivity index (χ2v) is 12.3. The number of nitrogens with zero attached hydrogens (tertiary/aromatic N) is 4. The summed E-state index contributed by atoms with van der Waals surface area (Å²) in [6, 6.07) is 17.0. The Labute approximate surface area is 230 Å². The standard InChI is InChI=1S/C28H27FN4O4S2/c1-19-4-3-15-32(18-19)39(35,36)24-12-7-21(8-13-24)27(34)33(30-17-20-5-9-22(29)10-6-20)28-31-25-14-11-23(37-2)16-26(25)38-28/h5-14,16-17,19H,3-4,15,18H2,1-2H3/b30-17+. The average Bonchev–Trinajstić information content (AvgIpc) is 3.37. The van der Waals surface area contributed by atoms with Gasteiger partial charge in [0.2, 0.25) is 15.2 Å². The number of hydrazone groups is 1. The van der Waals surface area contributed by atoms with Crippen molar-refractivity contribution in [1.82, 2.24) is 9.29 Å². The average molecular weight is 567 g/mol. The molecule has 1 aromatic heterocycles. The quantitative estimate of drug-likeness (QED) is 0.216. The van der Waals surface area contributed by atoms with Crippen LogP contribution in [0.15, 0.2) is 76.7 Å². The first-order valence-corrected chi connectivity index (χ1v) is 14.7. The highest BCUT2D eigenvalue weighted by Gasteiger charge is 2.29. The maximum atomic E-state index is 13.7. The Morgan fingerprint density at radius 2 is 1.90 bits per heavy atom. The fourth-order valence-electron chi connectivity index (χ4n) is 4.38. The van der Waals surface area contributed by atoms with Crippen LogP contribution in [0.2, 0.25) is 0 Å². The van der Waals surface area contributed by atoms with Gasteiger partial charge in [0.25, 0.3) is 5.91 Å². The van der Waals surface area contributed by atoms with Gasteiger partial charge in [0.05, 0.1) is 28.4 Å². The molecule has 3 aromatic carbocycles. The minimum atomic E-state index is -3.66. The molecule has 11 heteroatoms. The number of carbonyl (C=O) groups is 1. The number of benzene rings is 3. The summed E-state index contributed by atoms with van der Waals surface area (Å²) in [5, 5.41) is 5.87. The van der Waals surface area contributed by atoms with Crippen LogP contribution >= 0.6 is 11.3 Å². The minimum absolute atomic E-state index is 0.140. The zero-order valence-electron chi connectivity index (χ0n) is 21.5. The number of rotatable bonds is 7. The summed E-state index contributed by atoms with van der Waals surface area (Å²) >= 11 is 1.26. The van der Waals surface area contributed by atoms with E-state index in [2.05, 4.69) is 10.1 Å². The zero-order chi connectivity index (χ0) is 27.6. The number of anilines is 1. The maximum Gasteiger partial charge on any atom is 0.280 e. The molecule has 202 valence electrons. The molecule has 5 rings (SSSR count). The highest BCUT2D eigenvalue weighted by atomic mass is 32.2. The van der Waals surface area contributed by atoms with Crippen LogP contribution in [0.4, 0.5) is 9.52 Å². The molecule has 1 amide bonds. The smallest absolute Gasteiger partial charge is 0.280 e. The molecule has 39 heavy (non-hydrogen) atoms. The number of fused-ring (bicyclic) bond motifs is 1. The van der Waals surface area contributed by atoms with Crippen molar-refractivity contribution in [3.63, 3.8) is 0 Å². The molecular weight excluding hydrogens is 539 g/mol. The number of piperidine rings is 1. The first-order valence-electron chi connectivity index (χ1n) is 12.4. The molecule has 8 nitrogen and oxygen atoms in total. The van der Waals surface area contributed by atoms with E-state index in [0.29, 0.717) is 41.0 Å². The molecule has 0 N–H and O–H groups in total. The highest BCUT2D eigenvalue weighted by Crippen LogP contribution is 2.33. The lowest BCUT2D eigenvalue weighted by atomic mass is 10.0. The van der Waals surface area contributed by atoms with Gasteiger partial charge in [-0.2, -0.15) is 14.4 Å². The third-order valence-corrected chi connectivity index (χ3v) is 9.38. The van der Waals surface area contributed by atoms with Crippen LogP contribution in [-0.2, 0) is 10.0 Å². The Morgan fingerprint density at radius 1 is 1.15 bits per heavy atom. The van der Waals surface area contributed by atoms with Gasteiger partial charge >= 0.3 is 0 Å². The fraction of sp³-hybridized carbons (Fsp3) is 0.250. The van der Waals surface area contributed by atoms with E-state index in [1.807, 2.05) is 13.0 Å². The third-order valence-electron chi connectivity index (χ3n) is 6.51. The Bertz CT molecular complexity index is 1620. The number of hydrogen-bond donors (Lipinski definition) is 0. The molecule has 0 radical (unpaired) electrons. The van der Waals surface area contributed by atoms with Crippen molar-refractivity contribution in [2.45, 2.75) is 24.7 Å². The monoisotopic (exact) mass is 566 g/mol. The topological polar surface area (TPSA) is 92.2 Å². The number of ether oxygens (including phenoxy) is 1. The van der Waals surface area contributed by atoms with Crippen molar-refractivity contribution >= 4 is 48.8 Å². The van der Waals surface area contributed by atoms with Crippen LogP contribution in [0, 0.1) is 11.7 Å². The van der Waals surface area contributed by atoms with Crippen LogP contribution in [0.5, 0.6) is 5.75 Å². The summed E-state index contributed by atoms with van der Waals surface area (Å²) < 4.78 is 47.3. The molecule has 4 aromatic rings. The highest BCUT2D eigenvalue weighted by molar-refractivity contribution is 7.89. The van der Waals surface area contributed by atoms with E-state index in [0.717, 1.165) is 22.6 Å². The van der Waals surface area contributed by atoms with Crippen LogP contribution in [0.3, 0.4) is 0 Å². The largest absolute Gasteiger partial charge is 0.497 e. The van der Waals surface area contributed by atoms with Gasteiger partial charge in [-0.05, 0) is 78.9 Å². The van der Waals surface area contributed by atoms with Crippen molar-refractivity contribution in [2.24, 2.45) is 11.0 Å². The van der Waals surface area contributed by atoms with Crippen molar-refractivity contribution in [1.29, 1.82) is 0 Å². The molecular formula is C28H27FN4O4S2. The number of aromatic nitrogens is 1. The number of hydrogen-bond acceptors (Lipinski definition) is 7. The molecule has 0 spiro atoms. The number of amides is 1. The van der Waals surface area contributed by atoms with Gasteiger partial charge in [-0.1, -0.05) is 30.4 Å². The Kier molecular flexibility index (Phi) is 7.74. The van der Waals surface area contributed by atoms with E-state index in [1.165, 1.54) is 58.3 Å². The van der Waals surface area contributed by atoms with Crippen LogP contribution in [0.25, 0.3) is 10.2 Å². The first kappa shape index (κ1) is 26.9. The van der Waals surface area contributed by atoms with E-state index < -0.39 is 15.9 Å². The van der Waals surface area contributed by atoms with Gasteiger partial charge in [0.1, 0.15) is 11.6 Å². The van der Waals surface area contributed by atoms with Gasteiger partial charge in [-0.15, -0.1) is 0 Å². The minimum Gasteiger partial charge on any atom is -0.497 e. The van der Waals surface area contributed by atoms with E-state index in [9.17, 15) is 17.6 Å². The maximum absolute atomic E-state index is 13.7.